The van der Waals surface area contributed by atoms with Crippen LogP contribution in [0.5, 0.6) is 0 Å². The third-order valence-corrected chi connectivity index (χ3v) is 1.79. The lowest BCUT2D eigenvalue weighted by atomic mass is 10.1. The first kappa shape index (κ1) is 11.9. The maximum absolute atomic E-state index is 13.1. The number of hydrogen-bond acceptors (Lipinski definition) is 3. The SMILES string of the molecule is CCOC(CO)c1cc(F)c(F)nc1F. The van der Waals surface area contributed by atoms with Crippen molar-refractivity contribution in [2.45, 2.75) is 13.0 Å². The van der Waals surface area contributed by atoms with E-state index in [0.717, 1.165) is 0 Å². The van der Waals surface area contributed by atoms with Gasteiger partial charge in [-0.1, -0.05) is 0 Å². The molecule has 0 aliphatic heterocycles. The Morgan fingerprint density at radius 3 is 2.60 bits per heavy atom. The van der Waals surface area contributed by atoms with Gasteiger partial charge in [0.2, 0.25) is 5.95 Å². The van der Waals surface area contributed by atoms with Crippen LogP contribution in [0.1, 0.15) is 18.6 Å². The van der Waals surface area contributed by atoms with Crippen LogP contribution in [0.25, 0.3) is 0 Å². The van der Waals surface area contributed by atoms with Gasteiger partial charge in [-0.3, -0.25) is 0 Å². The predicted octanol–water partition coefficient (Wildman–Crippen LogP) is 1.57. The van der Waals surface area contributed by atoms with E-state index in [9.17, 15) is 13.2 Å². The first-order valence-corrected chi connectivity index (χ1v) is 4.34. The minimum absolute atomic E-state index is 0.212. The van der Waals surface area contributed by atoms with Gasteiger partial charge in [0.1, 0.15) is 6.10 Å². The number of hydrogen-bond donors (Lipinski definition) is 1. The van der Waals surface area contributed by atoms with E-state index in [0.29, 0.717) is 6.07 Å². The van der Waals surface area contributed by atoms with E-state index in [1.165, 1.54) is 0 Å². The average molecular weight is 221 g/mol. The van der Waals surface area contributed by atoms with Gasteiger partial charge in [-0.25, -0.2) is 4.39 Å². The zero-order chi connectivity index (χ0) is 11.4. The van der Waals surface area contributed by atoms with Gasteiger partial charge in [0, 0.05) is 12.2 Å². The van der Waals surface area contributed by atoms with Crippen LogP contribution in [-0.2, 0) is 4.74 Å². The van der Waals surface area contributed by atoms with E-state index in [4.69, 9.17) is 9.84 Å². The third-order valence-electron chi connectivity index (χ3n) is 1.79. The maximum Gasteiger partial charge on any atom is 0.251 e. The lowest BCUT2D eigenvalue weighted by Crippen LogP contribution is -2.13. The molecule has 0 spiro atoms. The summed E-state index contributed by atoms with van der Waals surface area (Å²) in [6.07, 6.45) is -1.03. The molecule has 0 fully saturated rings. The molecule has 0 saturated carbocycles. The zero-order valence-electron chi connectivity index (χ0n) is 8.01. The zero-order valence-corrected chi connectivity index (χ0v) is 8.01. The maximum atomic E-state index is 13.1. The van der Waals surface area contributed by atoms with Crippen molar-refractivity contribution >= 4 is 0 Å². The highest BCUT2D eigenvalue weighted by Gasteiger charge is 2.19. The highest BCUT2D eigenvalue weighted by Crippen LogP contribution is 2.20. The molecule has 1 aromatic rings. The summed E-state index contributed by atoms with van der Waals surface area (Å²) in [7, 11) is 0. The molecule has 0 radical (unpaired) electrons. The second-order valence-corrected chi connectivity index (χ2v) is 2.77. The molecule has 6 heteroatoms. The van der Waals surface area contributed by atoms with Crippen molar-refractivity contribution in [2.75, 3.05) is 13.2 Å². The molecule has 1 unspecified atom stereocenters. The molecule has 15 heavy (non-hydrogen) atoms. The monoisotopic (exact) mass is 221 g/mol. The Labute approximate surface area is 84.5 Å². The third kappa shape index (κ3) is 2.66. The van der Waals surface area contributed by atoms with E-state index in [-0.39, 0.29) is 12.2 Å². The van der Waals surface area contributed by atoms with Gasteiger partial charge in [-0.05, 0) is 13.0 Å². The predicted molar refractivity (Wildman–Crippen MR) is 45.6 cm³/mol. The van der Waals surface area contributed by atoms with E-state index >= 15 is 0 Å². The van der Waals surface area contributed by atoms with Crippen molar-refractivity contribution in [3.8, 4) is 0 Å². The van der Waals surface area contributed by atoms with Crippen molar-refractivity contribution in [1.82, 2.24) is 4.98 Å². The molecular formula is C9H10F3NO2. The van der Waals surface area contributed by atoms with Gasteiger partial charge in [-0.15, -0.1) is 0 Å². The smallest absolute Gasteiger partial charge is 0.251 e. The van der Waals surface area contributed by atoms with Gasteiger partial charge in [-0.2, -0.15) is 13.8 Å². The molecule has 0 aliphatic carbocycles. The summed E-state index contributed by atoms with van der Waals surface area (Å²) in [6.45, 7) is 1.31. The van der Waals surface area contributed by atoms with Gasteiger partial charge in [0.25, 0.3) is 5.95 Å². The van der Waals surface area contributed by atoms with Crippen LogP contribution in [-0.4, -0.2) is 23.3 Å². The van der Waals surface area contributed by atoms with E-state index in [1.807, 2.05) is 0 Å². The van der Waals surface area contributed by atoms with Crippen LogP contribution in [0, 0.1) is 17.7 Å². The second kappa shape index (κ2) is 5.09. The quantitative estimate of drug-likeness (QED) is 0.785. The molecule has 84 valence electrons. The van der Waals surface area contributed by atoms with Crippen molar-refractivity contribution in [3.63, 3.8) is 0 Å². The molecule has 1 rings (SSSR count). The number of nitrogens with zero attached hydrogens (tertiary/aromatic N) is 1. The number of halogens is 3. The van der Waals surface area contributed by atoms with Crippen LogP contribution in [0.2, 0.25) is 0 Å². The van der Waals surface area contributed by atoms with Crippen molar-refractivity contribution in [1.29, 1.82) is 0 Å². The van der Waals surface area contributed by atoms with Crippen LogP contribution in [0.3, 0.4) is 0 Å². The summed E-state index contributed by atoms with van der Waals surface area (Å²) in [5, 5.41) is 8.86. The number of ether oxygens (including phenoxy) is 1. The first-order valence-electron chi connectivity index (χ1n) is 4.34. The molecule has 0 aliphatic rings. The lowest BCUT2D eigenvalue weighted by Gasteiger charge is -2.14. The Balaban J connectivity index is 3.06. The van der Waals surface area contributed by atoms with Crippen molar-refractivity contribution in [3.05, 3.63) is 29.3 Å². The number of pyridine rings is 1. The highest BCUT2D eigenvalue weighted by molar-refractivity contribution is 5.16. The first-order chi connectivity index (χ1) is 7.10. The average Bonchev–Trinajstić information content (AvgIpc) is 2.20. The molecule has 3 nitrogen and oxygen atoms in total. The summed E-state index contributed by atoms with van der Waals surface area (Å²) in [6, 6.07) is 0.633. The minimum atomic E-state index is -1.51. The summed E-state index contributed by atoms with van der Waals surface area (Å²) < 4.78 is 43.3. The largest absolute Gasteiger partial charge is 0.393 e. The number of aromatic nitrogens is 1. The molecule has 1 heterocycles. The lowest BCUT2D eigenvalue weighted by molar-refractivity contribution is 0.0159. The Bertz CT molecular complexity index is 346. The molecular weight excluding hydrogens is 211 g/mol. The minimum Gasteiger partial charge on any atom is -0.393 e. The van der Waals surface area contributed by atoms with Crippen LogP contribution in [0.4, 0.5) is 13.2 Å². The van der Waals surface area contributed by atoms with Gasteiger partial charge in [0.15, 0.2) is 5.82 Å². The van der Waals surface area contributed by atoms with E-state index in [1.54, 1.807) is 6.92 Å². The number of aliphatic hydroxyl groups excluding tert-OH is 1. The topological polar surface area (TPSA) is 42.4 Å². The molecule has 0 amide bonds. The normalized spacial score (nSPS) is 12.9. The van der Waals surface area contributed by atoms with Crippen molar-refractivity contribution in [2.24, 2.45) is 0 Å². The van der Waals surface area contributed by atoms with Crippen LogP contribution < -0.4 is 0 Å². The van der Waals surface area contributed by atoms with Crippen LogP contribution >= 0.6 is 0 Å². The van der Waals surface area contributed by atoms with Gasteiger partial charge < -0.3 is 9.84 Å². The molecule has 0 aromatic carbocycles. The Morgan fingerprint density at radius 2 is 2.07 bits per heavy atom. The Kier molecular flexibility index (Phi) is 4.05. The van der Waals surface area contributed by atoms with Crippen LogP contribution in [0.15, 0.2) is 6.07 Å². The summed E-state index contributed by atoms with van der Waals surface area (Å²) in [5.41, 5.74) is -0.293. The fourth-order valence-corrected chi connectivity index (χ4v) is 1.13. The summed E-state index contributed by atoms with van der Waals surface area (Å²) >= 11 is 0. The summed E-state index contributed by atoms with van der Waals surface area (Å²) in [4.78, 5) is 2.72. The Morgan fingerprint density at radius 1 is 1.40 bits per heavy atom. The second-order valence-electron chi connectivity index (χ2n) is 2.77. The number of rotatable bonds is 4. The Hall–Kier alpha value is -1.14. The van der Waals surface area contributed by atoms with E-state index in [2.05, 4.69) is 4.98 Å². The molecule has 1 atom stereocenters. The standard InChI is InChI=1S/C9H10F3NO2/c1-2-15-7(4-14)5-3-6(10)9(12)13-8(5)11/h3,7,14H,2,4H2,1H3. The molecule has 0 saturated heterocycles. The van der Waals surface area contributed by atoms with Crippen molar-refractivity contribution < 1.29 is 23.0 Å². The summed E-state index contributed by atoms with van der Waals surface area (Å²) in [5.74, 6) is -3.96. The fourth-order valence-electron chi connectivity index (χ4n) is 1.13. The number of aliphatic hydroxyl groups is 1. The highest BCUT2D eigenvalue weighted by atomic mass is 19.2. The fraction of sp³-hybridized carbons (Fsp3) is 0.444. The van der Waals surface area contributed by atoms with E-state index < -0.39 is 30.4 Å². The van der Waals surface area contributed by atoms with Gasteiger partial charge >= 0.3 is 0 Å². The molecule has 1 aromatic heterocycles. The molecule has 0 bridgehead atoms. The molecule has 1 N–H and O–H groups in total. The van der Waals surface area contributed by atoms with Gasteiger partial charge in [0.05, 0.1) is 6.61 Å².